The first kappa shape index (κ1) is 13.3. The van der Waals surface area contributed by atoms with E-state index in [9.17, 15) is 4.79 Å². The molecule has 0 radical (unpaired) electrons. The van der Waals surface area contributed by atoms with Crippen molar-refractivity contribution in [2.75, 3.05) is 0 Å². The molecule has 1 amide bonds. The van der Waals surface area contributed by atoms with Gasteiger partial charge in [0.1, 0.15) is 0 Å². The van der Waals surface area contributed by atoms with E-state index in [4.69, 9.17) is 0 Å². The van der Waals surface area contributed by atoms with Crippen LogP contribution in [0.2, 0.25) is 0 Å². The summed E-state index contributed by atoms with van der Waals surface area (Å²) < 4.78 is 0. The molecule has 2 rings (SSSR count). The number of carbonyl (C=O) groups excluding carboxylic acids is 1. The molecule has 1 aliphatic carbocycles. The summed E-state index contributed by atoms with van der Waals surface area (Å²) in [5.74, 6) is -0.0307. The molecule has 0 spiro atoms. The number of nitrogens with zero attached hydrogens (tertiary/aromatic N) is 2. The molecule has 1 N–H and O–H groups in total. The Labute approximate surface area is 114 Å². The van der Waals surface area contributed by atoms with Gasteiger partial charge < -0.3 is 5.32 Å². The van der Waals surface area contributed by atoms with Crippen molar-refractivity contribution in [2.45, 2.75) is 38.1 Å². The van der Waals surface area contributed by atoms with Crippen LogP contribution in [0, 0.1) is 0 Å². The largest absolute Gasteiger partial charge is 0.349 e. The number of carbonyl (C=O) groups is 1. The highest BCUT2D eigenvalue weighted by Crippen LogP contribution is 2.17. The molecular formula is C11H18IN3O. The van der Waals surface area contributed by atoms with Crippen LogP contribution in [0.25, 0.3) is 0 Å². The van der Waals surface area contributed by atoms with Crippen LogP contribution in [0.4, 0.5) is 0 Å². The summed E-state index contributed by atoms with van der Waals surface area (Å²) in [6.07, 6.45) is 8.98. The molecule has 0 aromatic carbocycles. The van der Waals surface area contributed by atoms with Gasteiger partial charge in [-0.1, -0.05) is 19.3 Å². The summed E-state index contributed by atoms with van der Waals surface area (Å²) in [6.45, 7) is 0. The number of nitrogens with one attached hydrogen (secondary N) is 1. The van der Waals surface area contributed by atoms with E-state index in [1.165, 1.54) is 31.7 Å². The van der Waals surface area contributed by atoms with Crippen molar-refractivity contribution in [3.8, 4) is 0 Å². The van der Waals surface area contributed by atoms with Gasteiger partial charge in [0.2, 0.25) is 0 Å². The normalized spacial score (nSPS) is 16.2. The number of amides is 1. The predicted molar refractivity (Wildman–Crippen MR) is 73.9 cm³/mol. The Bertz CT molecular complexity index is 331. The van der Waals surface area contributed by atoms with Crippen molar-refractivity contribution in [2.24, 2.45) is 0 Å². The van der Waals surface area contributed by atoms with Gasteiger partial charge >= 0.3 is 0 Å². The van der Waals surface area contributed by atoms with Gasteiger partial charge in [0.15, 0.2) is 0 Å². The minimum absolute atomic E-state index is 0. The second-order valence-electron chi connectivity index (χ2n) is 3.94. The van der Waals surface area contributed by atoms with E-state index in [2.05, 4.69) is 15.5 Å². The molecular weight excluding hydrogens is 317 g/mol. The molecule has 1 aromatic rings. The Hall–Kier alpha value is -0.720. The Morgan fingerprint density at radius 3 is 2.69 bits per heavy atom. The molecule has 5 heteroatoms. The summed E-state index contributed by atoms with van der Waals surface area (Å²) in [5.41, 5.74) is 0.593. The molecule has 0 unspecified atom stereocenters. The van der Waals surface area contributed by atoms with Gasteiger partial charge in [-0.2, -0.15) is 10.2 Å². The third-order valence-corrected chi connectivity index (χ3v) is 2.79. The van der Waals surface area contributed by atoms with Gasteiger partial charge in [0.25, 0.3) is 5.91 Å². The van der Waals surface area contributed by atoms with Crippen molar-refractivity contribution >= 4 is 29.9 Å². The van der Waals surface area contributed by atoms with Crippen molar-refractivity contribution in [3.05, 3.63) is 24.0 Å². The zero-order valence-electron chi connectivity index (χ0n) is 9.06. The fraction of sp³-hybridized carbons (Fsp3) is 0.545. The molecule has 0 aliphatic heterocycles. The number of halogens is 1. The molecule has 1 fully saturated rings. The van der Waals surface area contributed by atoms with E-state index >= 15 is 0 Å². The van der Waals surface area contributed by atoms with E-state index in [0.29, 0.717) is 11.6 Å². The molecule has 4 nitrogen and oxygen atoms in total. The number of rotatable bonds is 2. The zero-order valence-corrected chi connectivity index (χ0v) is 11.4. The second-order valence-corrected chi connectivity index (χ2v) is 3.94. The Morgan fingerprint density at radius 2 is 2.06 bits per heavy atom. The van der Waals surface area contributed by atoms with E-state index < -0.39 is 0 Å². The standard InChI is InChI=1S/C11H15N3O.HI.H2/c15-11(9-6-7-12-13-8-9)14-10-4-2-1-3-5-10;;/h6-8,10H,1-5H2,(H,14,15);2*1H. The molecule has 0 bridgehead atoms. The highest BCUT2D eigenvalue weighted by atomic mass is 127. The first-order chi connectivity index (χ1) is 7.36. The van der Waals surface area contributed by atoms with Gasteiger partial charge in [-0.3, -0.25) is 4.79 Å². The van der Waals surface area contributed by atoms with Crippen LogP contribution in [0.3, 0.4) is 0 Å². The van der Waals surface area contributed by atoms with Crippen molar-refractivity contribution in [1.29, 1.82) is 0 Å². The van der Waals surface area contributed by atoms with Crippen LogP contribution < -0.4 is 5.32 Å². The average Bonchev–Trinajstić information content (AvgIpc) is 2.31. The van der Waals surface area contributed by atoms with Gasteiger partial charge in [-0.15, -0.1) is 24.0 Å². The van der Waals surface area contributed by atoms with Crippen LogP contribution in [-0.2, 0) is 0 Å². The van der Waals surface area contributed by atoms with Crippen LogP contribution in [0.1, 0.15) is 43.9 Å². The van der Waals surface area contributed by atoms with Gasteiger partial charge in [-0.05, 0) is 18.9 Å². The fourth-order valence-electron chi connectivity index (χ4n) is 1.94. The molecule has 90 valence electrons. The highest BCUT2D eigenvalue weighted by Gasteiger charge is 2.16. The number of hydrogen-bond acceptors (Lipinski definition) is 3. The van der Waals surface area contributed by atoms with E-state index in [0.717, 1.165) is 12.8 Å². The maximum absolute atomic E-state index is 11.7. The van der Waals surface area contributed by atoms with Crippen LogP contribution in [-0.4, -0.2) is 22.1 Å². The molecule has 0 atom stereocenters. The summed E-state index contributed by atoms with van der Waals surface area (Å²) in [5, 5.41) is 10.4. The quantitative estimate of drug-likeness (QED) is 0.845. The molecule has 1 aromatic heterocycles. The van der Waals surface area contributed by atoms with E-state index in [1.807, 2.05) is 0 Å². The SMILES string of the molecule is I.O=C(NC1CCCCC1)c1ccnnc1.[HH]. The Balaban J connectivity index is 0.00000128. The first-order valence-electron chi connectivity index (χ1n) is 5.44. The van der Waals surface area contributed by atoms with Crippen LogP contribution in [0.15, 0.2) is 18.5 Å². The molecule has 1 aliphatic rings. The Morgan fingerprint density at radius 1 is 1.31 bits per heavy atom. The lowest BCUT2D eigenvalue weighted by Gasteiger charge is -2.22. The highest BCUT2D eigenvalue weighted by molar-refractivity contribution is 14.0. The van der Waals surface area contributed by atoms with Gasteiger partial charge in [-0.25, -0.2) is 0 Å². The molecule has 0 saturated heterocycles. The lowest BCUT2D eigenvalue weighted by Crippen LogP contribution is -2.36. The van der Waals surface area contributed by atoms with E-state index in [-0.39, 0.29) is 31.3 Å². The number of aromatic nitrogens is 2. The van der Waals surface area contributed by atoms with Crippen LogP contribution in [0.5, 0.6) is 0 Å². The summed E-state index contributed by atoms with van der Waals surface area (Å²) in [4.78, 5) is 11.7. The van der Waals surface area contributed by atoms with Crippen LogP contribution >= 0.6 is 24.0 Å². The Kier molecular flexibility index (Phi) is 5.65. The van der Waals surface area contributed by atoms with Crippen molar-refractivity contribution in [3.63, 3.8) is 0 Å². The molecule has 1 saturated carbocycles. The monoisotopic (exact) mass is 335 g/mol. The summed E-state index contributed by atoms with van der Waals surface area (Å²) in [6, 6.07) is 2.03. The minimum Gasteiger partial charge on any atom is -0.349 e. The maximum atomic E-state index is 11.7. The first-order valence-corrected chi connectivity index (χ1v) is 5.44. The summed E-state index contributed by atoms with van der Waals surface area (Å²) in [7, 11) is 0. The fourth-order valence-corrected chi connectivity index (χ4v) is 1.94. The second kappa shape index (κ2) is 6.78. The third kappa shape index (κ3) is 3.70. The average molecular weight is 335 g/mol. The predicted octanol–water partition coefficient (Wildman–Crippen LogP) is 2.40. The number of hydrogen-bond donors (Lipinski definition) is 1. The van der Waals surface area contributed by atoms with Crippen molar-refractivity contribution in [1.82, 2.24) is 15.5 Å². The van der Waals surface area contributed by atoms with Gasteiger partial charge in [0.05, 0.1) is 18.0 Å². The van der Waals surface area contributed by atoms with Gasteiger partial charge in [0, 0.05) is 7.47 Å². The maximum Gasteiger partial charge on any atom is 0.253 e. The van der Waals surface area contributed by atoms with Crippen molar-refractivity contribution < 1.29 is 6.22 Å². The lowest BCUT2D eigenvalue weighted by atomic mass is 9.95. The topological polar surface area (TPSA) is 54.9 Å². The third-order valence-electron chi connectivity index (χ3n) is 2.79. The zero-order chi connectivity index (χ0) is 10.5. The minimum atomic E-state index is -0.0307. The molecule has 16 heavy (non-hydrogen) atoms. The summed E-state index contributed by atoms with van der Waals surface area (Å²) >= 11 is 0. The smallest absolute Gasteiger partial charge is 0.253 e. The molecule has 1 heterocycles. The lowest BCUT2D eigenvalue weighted by molar-refractivity contribution is 0.0927. The van der Waals surface area contributed by atoms with E-state index in [1.54, 1.807) is 6.07 Å².